The van der Waals surface area contributed by atoms with Crippen LogP contribution in [-0.2, 0) is 16.1 Å². The van der Waals surface area contributed by atoms with Crippen LogP contribution in [-0.4, -0.2) is 24.0 Å². The van der Waals surface area contributed by atoms with Crippen LogP contribution < -0.4 is 0 Å². The highest BCUT2D eigenvalue weighted by atomic mass is 16.5. The Bertz CT molecular complexity index is 537. The first kappa shape index (κ1) is 14.2. The number of nitrogens with zero attached hydrogens (tertiary/aromatic N) is 1. The quantitative estimate of drug-likeness (QED) is 0.793. The fourth-order valence-electron chi connectivity index (χ4n) is 3.70. The number of likely N-dealkylation sites (tertiary alicyclic amines) is 1. The molecule has 0 radical (unpaired) electrons. The van der Waals surface area contributed by atoms with E-state index in [9.17, 15) is 4.79 Å². The van der Waals surface area contributed by atoms with Gasteiger partial charge in [-0.05, 0) is 38.2 Å². The topological polar surface area (TPSA) is 29.5 Å². The Labute approximate surface area is 126 Å². The molecule has 1 aliphatic carbocycles. The van der Waals surface area contributed by atoms with Gasteiger partial charge in [-0.3, -0.25) is 4.79 Å². The summed E-state index contributed by atoms with van der Waals surface area (Å²) in [4.78, 5) is 14.9. The molecule has 1 atom stereocenters. The van der Waals surface area contributed by atoms with Gasteiger partial charge in [0.25, 0.3) is 0 Å². The third-order valence-corrected chi connectivity index (χ3v) is 4.65. The number of hydrogen-bond donors (Lipinski definition) is 0. The van der Waals surface area contributed by atoms with Crippen molar-refractivity contribution in [3.8, 4) is 0 Å². The van der Waals surface area contributed by atoms with Gasteiger partial charge in [-0.15, -0.1) is 0 Å². The molecule has 1 fully saturated rings. The number of benzene rings is 1. The van der Waals surface area contributed by atoms with E-state index in [1.165, 1.54) is 11.3 Å². The van der Waals surface area contributed by atoms with Crippen molar-refractivity contribution >= 4 is 5.97 Å². The number of rotatable bonds is 4. The number of allylic oxidation sites excluding steroid dienone is 1. The summed E-state index contributed by atoms with van der Waals surface area (Å²) < 4.78 is 5.38. The van der Waals surface area contributed by atoms with Crippen molar-refractivity contribution in [2.75, 3.05) is 13.2 Å². The lowest BCUT2D eigenvalue weighted by molar-refractivity contribution is -0.155. The minimum Gasteiger partial charge on any atom is -0.465 e. The Balaban J connectivity index is 1.82. The van der Waals surface area contributed by atoms with Gasteiger partial charge >= 0.3 is 5.97 Å². The first-order valence-electron chi connectivity index (χ1n) is 7.93. The van der Waals surface area contributed by atoms with E-state index in [-0.39, 0.29) is 11.4 Å². The van der Waals surface area contributed by atoms with Gasteiger partial charge < -0.3 is 9.64 Å². The fourth-order valence-corrected chi connectivity index (χ4v) is 3.70. The number of hydrogen-bond acceptors (Lipinski definition) is 3. The Morgan fingerprint density at radius 1 is 1.29 bits per heavy atom. The molecular formula is C18H23NO2. The lowest BCUT2D eigenvalue weighted by Crippen LogP contribution is -2.44. The molecule has 0 aromatic heterocycles. The third kappa shape index (κ3) is 2.57. The van der Waals surface area contributed by atoms with Crippen molar-refractivity contribution < 1.29 is 9.53 Å². The molecule has 0 N–H and O–H groups in total. The SMILES string of the molecule is CCOC(=O)C12CCC=C1N(Cc1ccccc1)CCC2. The molecule has 1 aromatic carbocycles. The van der Waals surface area contributed by atoms with Gasteiger partial charge in [-0.2, -0.15) is 0 Å². The Kier molecular flexibility index (Phi) is 4.00. The molecule has 1 aliphatic heterocycles. The molecule has 1 saturated heterocycles. The van der Waals surface area contributed by atoms with Crippen molar-refractivity contribution in [2.45, 2.75) is 39.2 Å². The van der Waals surface area contributed by atoms with Crippen LogP contribution in [0.2, 0.25) is 0 Å². The number of piperidine rings is 1. The summed E-state index contributed by atoms with van der Waals surface area (Å²) in [5.41, 5.74) is 2.13. The van der Waals surface area contributed by atoms with E-state index in [2.05, 4.69) is 35.2 Å². The summed E-state index contributed by atoms with van der Waals surface area (Å²) in [6.07, 6.45) is 6.14. The van der Waals surface area contributed by atoms with Gasteiger partial charge in [0.1, 0.15) is 5.41 Å². The maximum atomic E-state index is 12.5. The van der Waals surface area contributed by atoms with E-state index >= 15 is 0 Å². The summed E-state index contributed by atoms with van der Waals surface area (Å²) in [7, 11) is 0. The second-order valence-corrected chi connectivity index (χ2v) is 5.94. The van der Waals surface area contributed by atoms with E-state index in [1.807, 2.05) is 13.0 Å². The molecule has 2 aliphatic rings. The van der Waals surface area contributed by atoms with Gasteiger partial charge in [-0.1, -0.05) is 36.4 Å². The fraction of sp³-hybridized carbons (Fsp3) is 0.500. The minimum absolute atomic E-state index is 0.0217. The van der Waals surface area contributed by atoms with Crippen LogP contribution in [0.5, 0.6) is 0 Å². The number of carbonyl (C=O) groups is 1. The summed E-state index contributed by atoms with van der Waals surface area (Å²) in [5.74, 6) is -0.0217. The lowest BCUT2D eigenvalue weighted by Gasteiger charge is -2.42. The molecule has 112 valence electrons. The van der Waals surface area contributed by atoms with Crippen molar-refractivity contribution in [1.82, 2.24) is 4.90 Å². The van der Waals surface area contributed by atoms with Crippen LogP contribution in [0.15, 0.2) is 42.1 Å². The first-order valence-corrected chi connectivity index (χ1v) is 7.93. The second kappa shape index (κ2) is 5.92. The van der Waals surface area contributed by atoms with E-state index in [4.69, 9.17) is 4.74 Å². The van der Waals surface area contributed by atoms with E-state index in [0.29, 0.717) is 6.61 Å². The van der Waals surface area contributed by atoms with Crippen LogP contribution in [0.3, 0.4) is 0 Å². The van der Waals surface area contributed by atoms with Gasteiger partial charge in [-0.25, -0.2) is 0 Å². The van der Waals surface area contributed by atoms with Gasteiger partial charge in [0.15, 0.2) is 0 Å². The number of esters is 1. The highest BCUT2D eigenvalue weighted by molar-refractivity contribution is 5.81. The highest BCUT2D eigenvalue weighted by Gasteiger charge is 2.49. The maximum absolute atomic E-state index is 12.5. The van der Waals surface area contributed by atoms with Crippen LogP contribution in [0.4, 0.5) is 0 Å². The number of fused-ring (bicyclic) bond motifs is 1. The van der Waals surface area contributed by atoms with Gasteiger partial charge in [0.05, 0.1) is 6.61 Å². The van der Waals surface area contributed by atoms with Crippen LogP contribution in [0.1, 0.15) is 38.2 Å². The van der Waals surface area contributed by atoms with Crippen molar-refractivity contribution in [3.63, 3.8) is 0 Å². The summed E-state index contributed by atoms with van der Waals surface area (Å²) >= 11 is 0. The van der Waals surface area contributed by atoms with Crippen LogP contribution in [0, 0.1) is 5.41 Å². The molecule has 0 amide bonds. The average Bonchev–Trinajstić information content (AvgIpc) is 2.95. The molecule has 0 bridgehead atoms. The van der Waals surface area contributed by atoms with E-state index in [0.717, 1.165) is 38.8 Å². The minimum atomic E-state index is -0.372. The maximum Gasteiger partial charge on any atom is 0.318 e. The van der Waals surface area contributed by atoms with Crippen molar-refractivity contribution in [1.29, 1.82) is 0 Å². The predicted molar refractivity (Wildman–Crippen MR) is 82.5 cm³/mol. The largest absolute Gasteiger partial charge is 0.465 e. The molecule has 3 heteroatoms. The van der Waals surface area contributed by atoms with Gasteiger partial charge in [0, 0.05) is 18.8 Å². The van der Waals surface area contributed by atoms with E-state index < -0.39 is 0 Å². The standard InChI is InChI=1S/C18H23NO2/c1-2-21-17(20)18-11-6-10-16(18)19(13-7-12-18)14-15-8-4-3-5-9-15/h3-5,8-10H,2,6-7,11-14H2,1H3. The van der Waals surface area contributed by atoms with Crippen molar-refractivity contribution in [3.05, 3.63) is 47.7 Å². The molecule has 0 saturated carbocycles. The molecule has 1 aromatic rings. The van der Waals surface area contributed by atoms with Gasteiger partial charge in [0.2, 0.25) is 0 Å². The highest BCUT2D eigenvalue weighted by Crippen LogP contribution is 2.48. The molecule has 0 spiro atoms. The summed E-state index contributed by atoms with van der Waals surface area (Å²) in [6, 6.07) is 10.5. The zero-order valence-electron chi connectivity index (χ0n) is 12.7. The lowest BCUT2D eigenvalue weighted by atomic mass is 9.77. The number of carbonyl (C=O) groups excluding carboxylic acids is 1. The zero-order chi connectivity index (χ0) is 14.7. The molecule has 3 rings (SSSR count). The normalized spacial score (nSPS) is 24.4. The summed E-state index contributed by atoms with van der Waals surface area (Å²) in [6.45, 7) is 4.26. The predicted octanol–water partition coefficient (Wildman–Crippen LogP) is 3.51. The van der Waals surface area contributed by atoms with Crippen molar-refractivity contribution in [2.24, 2.45) is 5.41 Å². The summed E-state index contributed by atoms with van der Waals surface area (Å²) in [5, 5.41) is 0. The first-order chi connectivity index (χ1) is 10.3. The van der Waals surface area contributed by atoms with E-state index in [1.54, 1.807) is 0 Å². The molecule has 1 unspecified atom stereocenters. The smallest absolute Gasteiger partial charge is 0.318 e. The molecule has 21 heavy (non-hydrogen) atoms. The number of ether oxygens (including phenoxy) is 1. The Hall–Kier alpha value is -1.77. The molecule has 3 nitrogen and oxygen atoms in total. The second-order valence-electron chi connectivity index (χ2n) is 5.94. The van der Waals surface area contributed by atoms with Crippen LogP contribution >= 0.6 is 0 Å². The Morgan fingerprint density at radius 2 is 2.10 bits per heavy atom. The third-order valence-electron chi connectivity index (χ3n) is 4.65. The monoisotopic (exact) mass is 285 g/mol. The molecule has 1 heterocycles. The molecular weight excluding hydrogens is 262 g/mol. The zero-order valence-corrected chi connectivity index (χ0v) is 12.7. The average molecular weight is 285 g/mol. The Morgan fingerprint density at radius 3 is 2.86 bits per heavy atom. The van der Waals surface area contributed by atoms with Crippen LogP contribution in [0.25, 0.3) is 0 Å².